The van der Waals surface area contributed by atoms with Gasteiger partial charge in [0.25, 0.3) is 5.69 Å². The van der Waals surface area contributed by atoms with E-state index in [9.17, 15) is 10.1 Å². The summed E-state index contributed by atoms with van der Waals surface area (Å²) in [5.74, 6) is 0.608. The van der Waals surface area contributed by atoms with Crippen LogP contribution in [0.2, 0.25) is 0 Å². The minimum atomic E-state index is -0.579. The Hall–Kier alpha value is -2.20. The van der Waals surface area contributed by atoms with Crippen molar-refractivity contribution in [1.82, 2.24) is 10.3 Å². The maximum Gasteiger partial charge on any atom is 0.289 e. The standard InChI is InChI=1S/C12H14N4O3/c13-6-10-5-11(16(17)18)7-15-12(10)19-8-9-1-3-14-4-2-9/h5,7,9,14H,1-4,8H2. The van der Waals surface area contributed by atoms with E-state index < -0.39 is 4.92 Å². The summed E-state index contributed by atoms with van der Waals surface area (Å²) in [5, 5.41) is 22.8. The first-order valence-corrected chi connectivity index (χ1v) is 6.08. The Balaban J connectivity index is 2.03. The van der Waals surface area contributed by atoms with Gasteiger partial charge in [-0.3, -0.25) is 10.1 Å². The van der Waals surface area contributed by atoms with Crippen molar-refractivity contribution in [2.24, 2.45) is 5.92 Å². The van der Waals surface area contributed by atoms with Crippen LogP contribution in [0.3, 0.4) is 0 Å². The van der Waals surface area contributed by atoms with Gasteiger partial charge in [-0.15, -0.1) is 0 Å². The highest BCUT2D eigenvalue weighted by Gasteiger charge is 2.17. The quantitative estimate of drug-likeness (QED) is 0.647. The molecule has 2 heterocycles. The van der Waals surface area contributed by atoms with Crippen LogP contribution in [0, 0.1) is 27.4 Å². The molecule has 1 aromatic rings. The highest BCUT2D eigenvalue weighted by atomic mass is 16.6. The average molecular weight is 262 g/mol. The second-order valence-electron chi connectivity index (χ2n) is 4.42. The first-order valence-electron chi connectivity index (χ1n) is 6.08. The molecular formula is C12H14N4O3. The van der Waals surface area contributed by atoms with Crippen molar-refractivity contribution in [2.45, 2.75) is 12.8 Å². The number of ether oxygens (including phenoxy) is 1. The molecule has 0 radical (unpaired) electrons. The lowest BCUT2D eigenvalue weighted by atomic mass is 9.99. The smallest absolute Gasteiger partial charge is 0.289 e. The fourth-order valence-electron chi connectivity index (χ4n) is 1.98. The first-order chi connectivity index (χ1) is 9.20. The Morgan fingerprint density at radius 2 is 2.32 bits per heavy atom. The van der Waals surface area contributed by atoms with Gasteiger partial charge in [-0.1, -0.05) is 0 Å². The highest BCUT2D eigenvalue weighted by molar-refractivity contribution is 5.44. The number of aromatic nitrogens is 1. The summed E-state index contributed by atoms with van der Waals surface area (Å²) in [6, 6.07) is 3.06. The molecule has 0 amide bonds. The monoisotopic (exact) mass is 262 g/mol. The van der Waals surface area contributed by atoms with E-state index in [-0.39, 0.29) is 17.1 Å². The van der Waals surface area contributed by atoms with Crippen LogP contribution in [0.4, 0.5) is 5.69 Å². The largest absolute Gasteiger partial charge is 0.476 e. The number of nitriles is 1. The first kappa shape index (κ1) is 13.2. The summed E-state index contributed by atoms with van der Waals surface area (Å²) in [6.07, 6.45) is 3.16. The Labute approximate surface area is 110 Å². The molecule has 1 fully saturated rings. The van der Waals surface area contributed by atoms with Crippen LogP contribution in [0.5, 0.6) is 5.88 Å². The van der Waals surface area contributed by atoms with Crippen molar-refractivity contribution in [1.29, 1.82) is 5.26 Å². The zero-order valence-electron chi connectivity index (χ0n) is 10.3. The van der Waals surface area contributed by atoms with E-state index >= 15 is 0 Å². The number of piperidine rings is 1. The predicted octanol–water partition coefficient (Wildman–Crippen LogP) is 1.24. The van der Waals surface area contributed by atoms with Crippen LogP contribution in [0.25, 0.3) is 0 Å². The summed E-state index contributed by atoms with van der Waals surface area (Å²) in [5.41, 5.74) is -0.103. The third kappa shape index (κ3) is 3.39. The molecule has 19 heavy (non-hydrogen) atoms. The summed E-state index contributed by atoms with van der Waals surface area (Å²) < 4.78 is 5.52. The Morgan fingerprint density at radius 3 is 2.95 bits per heavy atom. The van der Waals surface area contributed by atoms with E-state index in [4.69, 9.17) is 10.00 Å². The van der Waals surface area contributed by atoms with Crippen molar-refractivity contribution >= 4 is 5.69 Å². The Kier molecular flexibility index (Phi) is 4.26. The molecule has 1 saturated heterocycles. The van der Waals surface area contributed by atoms with Crippen LogP contribution in [-0.2, 0) is 0 Å². The summed E-state index contributed by atoms with van der Waals surface area (Å²) in [6.45, 7) is 2.42. The molecule has 0 aliphatic carbocycles. The number of rotatable bonds is 4. The van der Waals surface area contributed by atoms with Gasteiger partial charge in [0.2, 0.25) is 5.88 Å². The van der Waals surface area contributed by atoms with Crippen molar-refractivity contribution in [3.8, 4) is 11.9 Å². The zero-order chi connectivity index (χ0) is 13.7. The van der Waals surface area contributed by atoms with Gasteiger partial charge in [0.05, 0.1) is 11.5 Å². The van der Waals surface area contributed by atoms with E-state index in [1.54, 1.807) is 0 Å². The van der Waals surface area contributed by atoms with Crippen molar-refractivity contribution in [2.75, 3.05) is 19.7 Å². The molecule has 0 unspecified atom stereocenters. The molecule has 0 spiro atoms. The lowest BCUT2D eigenvalue weighted by Gasteiger charge is -2.22. The van der Waals surface area contributed by atoms with Gasteiger partial charge in [0, 0.05) is 6.07 Å². The summed E-state index contributed by atoms with van der Waals surface area (Å²) in [7, 11) is 0. The van der Waals surface area contributed by atoms with E-state index in [2.05, 4.69) is 10.3 Å². The van der Waals surface area contributed by atoms with Crippen LogP contribution in [0.15, 0.2) is 12.3 Å². The molecule has 2 rings (SSSR count). The predicted molar refractivity (Wildman–Crippen MR) is 66.7 cm³/mol. The van der Waals surface area contributed by atoms with Gasteiger partial charge in [-0.2, -0.15) is 5.26 Å². The zero-order valence-corrected chi connectivity index (χ0v) is 10.3. The Bertz CT molecular complexity index is 506. The van der Waals surface area contributed by atoms with E-state index in [1.807, 2.05) is 6.07 Å². The molecule has 1 aromatic heterocycles. The van der Waals surface area contributed by atoms with E-state index in [0.717, 1.165) is 32.1 Å². The molecule has 1 aliphatic rings. The van der Waals surface area contributed by atoms with Crippen molar-refractivity contribution < 1.29 is 9.66 Å². The molecule has 100 valence electrons. The van der Waals surface area contributed by atoms with Gasteiger partial charge in [0.1, 0.15) is 17.8 Å². The van der Waals surface area contributed by atoms with Gasteiger partial charge >= 0.3 is 0 Å². The molecular weight excluding hydrogens is 248 g/mol. The molecule has 1 N–H and O–H groups in total. The number of nitro groups is 1. The number of nitrogens with one attached hydrogen (secondary N) is 1. The molecule has 0 aromatic carbocycles. The minimum absolute atomic E-state index is 0.100. The van der Waals surface area contributed by atoms with Crippen LogP contribution in [0.1, 0.15) is 18.4 Å². The maximum absolute atomic E-state index is 10.6. The van der Waals surface area contributed by atoms with Crippen LogP contribution in [-0.4, -0.2) is 29.6 Å². The third-order valence-corrected chi connectivity index (χ3v) is 3.08. The van der Waals surface area contributed by atoms with Gasteiger partial charge in [-0.25, -0.2) is 4.98 Å². The van der Waals surface area contributed by atoms with E-state index in [0.29, 0.717) is 12.5 Å². The van der Waals surface area contributed by atoms with E-state index in [1.165, 1.54) is 6.07 Å². The molecule has 7 heteroatoms. The third-order valence-electron chi connectivity index (χ3n) is 3.08. The molecule has 1 aliphatic heterocycles. The number of hydrogen-bond donors (Lipinski definition) is 1. The number of pyridine rings is 1. The molecule has 0 saturated carbocycles. The van der Waals surface area contributed by atoms with Gasteiger partial charge in [-0.05, 0) is 31.8 Å². The van der Waals surface area contributed by atoms with Gasteiger partial charge < -0.3 is 10.1 Å². The molecule has 0 bridgehead atoms. The SMILES string of the molecule is N#Cc1cc([N+](=O)[O-])cnc1OCC1CCNCC1. The lowest BCUT2D eigenvalue weighted by Crippen LogP contribution is -2.30. The normalized spacial score (nSPS) is 15.7. The van der Waals surface area contributed by atoms with Crippen molar-refractivity contribution in [3.05, 3.63) is 27.9 Å². The summed E-state index contributed by atoms with van der Waals surface area (Å²) >= 11 is 0. The number of hydrogen-bond acceptors (Lipinski definition) is 6. The second kappa shape index (κ2) is 6.11. The molecule has 0 atom stereocenters. The van der Waals surface area contributed by atoms with Gasteiger partial charge in [0.15, 0.2) is 0 Å². The molecule has 7 nitrogen and oxygen atoms in total. The van der Waals surface area contributed by atoms with Crippen LogP contribution < -0.4 is 10.1 Å². The topological polar surface area (TPSA) is 101 Å². The Morgan fingerprint density at radius 1 is 1.58 bits per heavy atom. The van der Waals surface area contributed by atoms with Crippen LogP contribution >= 0.6 is 0 Å². The number of nitrogens with zero attached hydrogens (tertiary/aromatic N) is 3. The lowest BCUT2D eigenvalue weighted by molar-refractivity contribution is -0.385. The second-order valence-corrected chi connectivity index (χ2v) is 4.42. The highest BCUT2D eigenvalue weighted by Crippen LogP contribution is 2.21. The minimum Gasteiger partial charge on any atom is -0.476 e. The fourth-order valence-corrected chi connectivity index (χ4v) is 1.98. The fraction of sp³-hybridized carbons (Fsp3) is 0.500. The maximum atomic E-state index is 10.6. The summed E-state index contributed by atoms with van der Waals surface area (Å²) in [4.78, 5) is 13.9. The van der Waals surface area contributed by atoms with Crippen molar-refractivity contribution in [3.63, 3.8) is 0 Å². The average Bonchev–Trinajstić information content (AvgIpc) is 2.45.